The third-order valence-corrected chi connectivity index (χ3v) is 2.44. The van der Waals surface area contributed by atoms with Crippen LogP contribution in [0.25, 0.3) is 0 Å². The van der Waals surface area contributed by atoms with Crippen molar-refractivity contribution < 1.29 is 9.53 Å². The highest BCUT2D eigenvalue weighted by atomic mass is 16.6. The molecule has 3 heteroatoms. The minimum absolute atomic E-state index is 0.105. The Morgan fingerprint density at radius 1 is 1.50 bits per heavy atom. The molecular formula is C11H21NO2. The largest absolute Gasteiger partial charge is 0.459 e. The number of hydrogen-bond donors (Lipinski definition) is 0. The van der Waals surface area contributed by atoms with Crippen LogP contribution < -0.4 is 0 Å². The third kappa shape index (κ3) is 3.66. The van der Waals surface area contributed by atoms with E-state index in [1.807, 2.05) is 20.8 Å². The van der Waals surface area contributed by atoms with Gasteiger partial charge in [-0.15, -0.1) is 0 Å². The minimum Gasteiger partial charge on any atom is -0.459 e. The summed E-state index contributed by atoms with van der Waals surface area (Å²) in [5.41, 5.74) is -0.361. The molecule has 0 radical (unpaired) electrons. The summed E-state index contributed by atoms with van der Waals surface area (Å²) >= 11 is 0. The van der Waals surface area contributed by atoms with Crippen molar-refractivity contribution in [3.63, 3.8) is 0 Å². The van der Waals surface area contributed by atoms with E-state index < -0.39 is 0 Å². The fourth-order valence-corrected chi connectivity index (χ4v) is 1.77. The predicted octanol–water partition coefficient (Wildman–Crippen LogP) is 1.81. The average molecular weight is 199 g/mol. The number of hydrogen-bond acceptors (Lipinski definition) is 3. The molecule has 14 heavy (non-hydrogen) atoms. The Balaban J connectivity index is 2.33. The van der Waals surface area contributed by atoms with Gasteiger partial charge in [-0.3, -0.25) is 9.69 Å². The van der Waals surface area contributed by atoms with Gasteiger partial charge in [0.15, 0.2) is 0 Å². The second-order valence-corrected chi connectivity index (χ2v) is 5.05. The number of esters is 1. The lowest BCUT2D eigenvalue weighted by atomic mass is 10.2. The summed E-state index contributed by atoms with van der Waals surface area (Å²) < 4.78 is 5.27. The molecule has 1 saturated heterocycles. The van der Waals surface area contributed by atoms with Gasteiger partial charge in [0, 0.05) is 6.04 Å². The van der Waals surface area contributed by atoms with Gasteiger partial charge in [0.05, 0.1) is 6.54 Å². The SMILES string of the molecule is CC1CCCN1CC(=O)OC(C)(C)C. The number of rotatable bonds is 2. The highest BCUT2D eigenvalue weighted by Gasteiger charge is 2.24. The lowest BCUT2D eigenvalue weighted by Gasteiger charge is -2.24. The number of nitrogens with zero attached hydrogens (tertiary/aromatic N) is 1. The Hall–Kier alpha value is -0.570. The first-order valence-corrected chi connectivity index (χ1v) is 5.34. The Morgan fingerprint density at radius 2 is 2.14 bits per heavy atom. The zero-order valence-corrected chi connectivity index (χ0v) is 9.67. The van der Waals surface area contributed by atoms with Crippen molar-refractivity contribution in [2.45, 2.75) is 52.2 Å². The van der Waals surface area contributed by atoms with Crippen LogP contribution in [0, 0.1) is 0 Å². The maximum Gasteiger partial charge on any atom is 0.320 e. The Kier molecular flexibility index (Phi) is 3.53. The first-order chi connectivity index (χ1) is 6.38. The molecule has 0 aromatic heterocycles. The molecule has 3 nitrogen and oxygen atoms in total. The molecule has 1 rings (SSSR count). The monoisotopic (exact) mass is 199 g/mol. The molecule has 0 spiro atoms. The molecule has 0 aliphatic carbocycles. The average Bonchev–Trinajstić information content (AvgIpc) is 2.32. The zero-order chi connectivity index (χ0) is 10.8. The van der Waals surface area contributed by atoms with Gasteiger partial charge < -0.3 is 4.74 Å². The van der Waals surface area contributed by atoms with Crippen molar-refractivity contribution in [1.82, 2.24) is 4.90 Å². The smallest absolute Gasteiger partial charge is 0.320 e. The van der Waals surface area contributed by atoms with Crippen LogP contribution >= 0.6 is 0 Å². The Morgan fingerprint density at radius 3 is 2.57 bits per heavy atom. The second-order valence-electron chi connectivity index (χ2n) is 5.05. The van der Waals surface area contributed by atoms with Gasteiger partial charge in [-0.2, -0.15) is 0 Å². The molecule has 0 saturated carbocycles. The fraction of sp³-hybridized carbons (Fsp3) is 0.909. The van der Waals surface area contributed by atoms with Gasteiger partial charge in [0.2, 0.25) is 0 Å². The molecule has 1 atom stereocenters. The first kappa shape index (κ1) is 11.5. The normalized spacial score (nSPS) is 23.9. The fourth-order valence-electron chi connectivity index (χ4n) is 1.77. The molecule has 0 aromatic rings. The van der Waals surface area contributed by atoms with Crippen LogP contribution in [0.3, 0.4) is 0 Å². The van der Waals surface area contributed by atoms with Crippen molar-refractivity contribution in [2.24, 2.45) is 0 Å². The van der Waals surface area contributed by atoms with Crippen molar-refractivity contribution in [1.29, 1.82) is 0 Å². The third-order valence-electron chi connectivity index (χ3n) is 2.44. The number of carbonyl (C=O) groups is 1. The predicted molar refractivity (Wildman–Crippen MR) is 56.1 cm³/mol. The molecule has 1 aliphatic rings. The van der Waals surface area contributed by atoms with E-state index in [0.717, 1.165) is 6.54 Å². The standard InChI is InChI=1S/C11H21NO2/c1-9-6-5-7-12(9)8-10(13)14-11(2,3)4/h9H,5-8H2,1-4H3. The summed E-state index contributed by atoms with van der Waals surface area (Å²) in [6.45, 7) is 9.34. The number of ether oxygens (including phenoxy) is 1. The van der Waals surface area contributed by atoms with E-state index in [1.165, 1.54) is 12.8 Å². The molecule has 0 aromatic carbocycles. The van der Waals surface area contributed by atoms with Gasteiger partial charge in [0.1, 0.15) is 5.60 Å². The minimum atomic E-state index is -0.361. The Labute approximate surface area is 86.4 Å². The number of likely N-dealkylation sites (tertiary alicyclic amines) is 1. The quantitative estimate of drug-likeness (QED) is 0.635. The summed E-state index contributed by atoms with van der Waals surface area (Å²) in [5, 5.41) is 0. The molecule has 1 unspecified atom stereocenters. The molecular weight excluding hydrogens is 178 g/mol. The van der Waals surface area contributed by atoms with Gasteiger partial charge in [-0.25, -0.2) is 0 Å². The van der Waals surface area contributed by atoms with Crippen LogP contribution in [0.4, 0.5) is 0 Å². The van der Waals surface area contributed by atoms with E-state index >= 15 is 0 Å². The molecule has 0 amide bonds. The zero-order valence-electron chi connectivity index (χ0n) is 9.67. The van der Waals surface area contributed by atoms with Crippen LogP contribution in [0.5, 0.6) is 0 Å². The molecule has 1 fully saturated rings. The maximum absolute atomic E-state index is 11.5. The summed E-state index contributed by atoms with van der Waals surface area (Å²) in [7, 11) is 0. The highest BCUT2D eigenvalue weighted by molar-refractivity contribution is 5.72. The van der Waals surface area contributed by atoms with E-state index in [-0.39, 0.29) is 11.6 Å². The molecule has 1 heterocycles. The van der Waals surface area contributed by atoms with Crippen molar-refractivity contribution in [3.05, 3.63) is 0 Å². The van der Waals surface area contributed by atoms with E-state index in [1.54, 1.807) is 0 Å². The molecule has 82 valence electrons. The van der Waals surface area contributed by atoms with Gasteiger partial charge in [-0.1, -0.05) is 0 Å². The van der Waals surface area contributed by atoms with Gasteiger partial charge in [0.25, 0.3) is 0 Å². The van der Waals surface area contributed by atoms with Crippen LogP contribution in [-0.2, 0) is 9.53 Å². The van der Waals surface area contributed by atoms with E-state index in [2.05, 4.69) is 11.8 Å². The van der Waals surface area contributed by atoms with Crippen LogP contribution in [-0.4, -0.2) is 35.6 Å². The van der Waals surface area contributed by atoms with Crippen molar-refractivity contribution in [3.8, 4) is 0 Å². The van der Waals surface area contributed by atoms with E-state index in [4.69, 9.17) is 4.74 Å². The molecule has 0 N–H and O–H groups in total. The summed E-state index contributed by atoms with van der Waals surface area (Å²) in [6, 6.07) is 0.530. The number of carbonyl (C=O) groups excluding carboxylic acids is 1. The second kappa shape index (κ2) is 4.30. The summed E-state index contributed by atoms with van der Waals surface area (Å²) in [5.74, 6) is -0.105. The van der Waals surface area contributed by atoms with Crippen molar-refractivity contribution >= 4 is 5.97 Å². The molecule has 1 aliphatic heterocycles. The summed E-state index contributed by atoms with van der Waals surface area (Å²) in [6.07, 6.45) is 2.40. The lowest BCUT2D eigenvalue weighted by Crippen LogP contribution is -2.36. The summed E-state index contributed by atoms with van der Waals surface area (Å²) in [4.78, 5) is 13.7. The van der Waals surface area contributed by atoms with Crippen LogP contribution in [0.15, 0.2) is 0 Å². The maximum atomic E-state index is 11.5. The lowest BCUT2D eigenvalue weighted by molar-refractivity contribution is -0.156. The highest BCUT2D eigenvalue weighted by Crippen LogP contribution is 2.16. The topological polar surface area (TPSA) is 29.5 Å². The van der Waals surface area contributed by atoms with Crippen LogP contribution in [0.2, 0.25) is 0 Å². The van der Waals surface area contributed by atoms with Gasteiger partial charge >= 0.3 is 5.97 Å². The Bertz CT molecular complexity index is 208. The first-order valence-electron chi connectivity index (χ1n) is 5.34. The van der Waals surface area contributed by atoms with E-state index in [0.29, 0.717) is 12.6 Å². The van der Waals surface area contributed by atoms with Crippen molar-refractivity contribution in [2.75, 3.05) is 13.1 Å². The van der Waals surface area contributed by atoms with Gasteiger partial charge in [-0.05, 0) is 47.1 Å². The molecule has 0 bridgehead atoms. The van der Waals surface area contributed by atoms with E-state index in [9.17, 15) is 4.79 Å². The van der Waals surface area contributed by atoms with Crippen LogP contribution in [0.1, 0.15) is 40.5 Å².